The smallest absolute Gasteiger partial charge is 0.304 e. The third-order valence-electron chi connectivity index (χ3n) is 3.07. The molecule has 20 heavy (non-hydrogen) atoms. The minimum Gasteiger partial charge on any atom is -0.497 e. The molecule has 0 heterocycles. The number of nitrogens with zero attached hydrogens (tertiary/aromatic N) is 2. The van der Waals surface area contributed by atoms with Gasteiger partial charge in [0.05, 0.1) is 13.5 Å². The molecule has 1 aromatic rings. The van der Waals surface area contributed by atoms with Crippen LogP contribution < -0.4 is 4.74 Å². The fourth-order valence-electron chi connectivity index (χ4n) is 1.85. The summed E-state index contributed by atoms with van der Waals surface area (Å²) >= 11 is 0. The Balaban J connectivity index is 2.58. The average Bonchev–Trinajstić information content (AvgIpc) is 2.42. The Morgan fingerprint density at radius 1 is 1.15 bits per heavy atom. The molecule has 1 aromatic carbocycles. The van der Waals surface area contributed by atoms with Gasteiger partial charge in [0, 0.05) is 26.2 Å². The maximum Gasteiger partial charge on any atom is 0.304 e. The number of likely N-dealkylation sites (N-methyl/N-ethyl adjacent to an activating group) is 1. The Bertz CT molecular complexity index is 404. The zero-order valence-corrected chi connectivity index (χ0v) is 12.5. The van der Waals surface area contributed by atoms with Crippen LogP contribution in [0.4, 0.5) is 0 Å². The van der Waals surface area contributed by atoms with E-state index in [4.69, 9.17) is 9.84 Å². The first kappa shape index (κ1) is 16.5. The molecule has 0 amide bonds. The van der Waals surface area contributed by atoms with Crippen molar-refractivity contribution >= 4 is 5.97 Å². The summed E-state index contributed by atoms with van der Waals surface area (Å²) in [5.74, 6) is 0.0775. The normalized spacial score (nSPS) is 11.1. The Hall–Kier alpha value is -1.59. The number of hydrogen-bond acceptors (Lipinski definition) is 4. The molecule has 1 N–H and O–H groups in total. The topological polar surface area (TPSA) is 53.0 Å². The van der Waals surface area contributed by atoms with Gasteiger partial charge in [-0.05, 0) is 31.8 Å². The third kappa shape index (κ3) is 6.54. The Labute approximate surface area is 120 Å². The van der Waals surface area contributed by atoms with E-state index in [9.17, 15) is 4.79 Å². The summed E-state index contributed by atoms with van der Waals surface area (Å²) in [5, 5.41) is 8.82. The molecule has 0 aliphatic carbocycles. The van der Waals surface area contributed by atoms with Crippen LogP contribution in [-0.2, 0) is 11.3 Å². The summed E-state index contributed by atoms with van der Waals surface area (Å²) in [6.07, 6.45) is 0.170. The van der Waals surface area contributed by atoms with Gasteiger partial charge < -0.3 is 14.7 Å². The van der Waals surface area contributed by atoms with Crippen LogP contribution in [-0.4, -0.2) is 61.7 Å². The van der Waals surface area contributed by atoms with Crippen molar-refractivity contribution in [2.24, 2.45) is 0 Å². The van der Waals surface area contributed by atoms with Gasteiger partial charge in [-0.2, -0.15) is 0 Å². The quantitative estimate of drug-likeness (QED) is 0.743. The summed E-state index contributed by atoms with van der Waals surface area (Å²) in [7, 11) is 5.68. The van der Waals surface area contributed by atoms with Gasteiger partial charge in [0.2, 0.25) is 0 Å². The predicted octanol–water partition coefficient (Wildman–Crippen LogP) is 1.53. The van der Waals surface area contributed by atoms with Gasteiger partial charge in [-0.1, -0.05) is 12.1 Å². The van der Waals surface area contributed by atoms with E-state index in [-0.39, 0.29) is 6.42 Å². The number of hydrogen-bond donors (Lipinski definition) is 1. The van der Waals surface area contributed by atoms with Crippen molar-refractivity contribution in [1.82, 2.24) is 9.80 Å². The fourth-order valence-corrected chi connectivity index (χ4v) is 1.85. The standard InChI is InChI=1S/C15H24N2O3/c1-16(2)10-11-17(9-8-15(18)19)12-13-4-6-14(20-3)7-5-13/h4-7H,8-12H2,1-3H3,(H,18,19). The highest BCUT2D eigenvalue weighted by atomic mass is 16.5. The molecule has 0 unspecified atom stereocenters. The highest BCUT2D eigenvalue weighted by Crippen LogP contribution is 2.13. The van der Waals surface area contributed by atoms with Crippen LogP contribution in [0.5, 0.6) is 5.75 Å². The zero-order valence-electron chi connectivity index (χ0n) is 12.5. The van der Waals surface area contributed by atoms with Crippen molar-refractivity contribution in [1.29, 1.82) is 0 Å². The molecule has 112 valence electrons. The lowest BCUT2D eigenvalue weighted by Crippen LogP contribution is -2.33. The summed E-state index contributed by atoms with van der Waals surface area (Å²) in [5.41, 5.74) is 1.16. The number of aliphatic carboxylic acids is 1. The highest BCUT2D eigenvalue weighted by Gasteiger charge is 2.09. The van der Waals surface area contributed by atoms with Crippen LogP contribution in [0, 0.1) is 0 Å². The van der Waals surface area contributed by atoms with Crippen molar-refractivity contribution in [3.8, 4) is 5.75 Å². The number of methoxy groups -OCH3 is 1. The van der Waals surface area contributed by atoms with E-state index >= 15 is 0 Å². The Morgan fingerprint density at radius 3 is 2.30 bits per heavy atom. The van der Waals surface area contributed by atoms with Crippen LogP contribution in [0.3, 0.4) is 0 Å². The zero-order chi connectivity index (χ0) is 15.0. The van der Waals surface area contributed by atoms with Gasteiger partial charge in [0.15, 0.2) is 0 Å². The number of ether oxygens (including phenoxy) is 1. The lowest BCUT2D eigenvalue weighted by molar-refractivity contribution is -0.137. The summed E-state index contributed by atoms with van der Waals surface area (Å²) < 4.78 is 5.13. The molecular weight excluding hydrogens is 256 g/mol. The van der Waals surface area contributed by atoms with Gasteiger partial charge in [0.1, 0.15) is 5.75 Å². The van der Waals surface area contributed by atoms with E-state index in [1.807, 2.05) is 38.4 Å². The number of benzene rings is 1. The predicted molar refractivity (Wildman–Crippen MR) is 79.1 cm³/mol. The van der Waals surface area contributed by atoms with Crippen molar-refractivity contribution in [2.75, 3.05) is 40.8 Å². The van der Waals surface area contributed by atoms with E-state index < -0.39 is 5.97 Å². The van der Waals surface area contributed by atoms with Crippen molar-refractivity contribution in [2.45, 2.75) is 13.0 Å². The molecule has 0 saturated carbocycles. The van der Waals surface area contributed by atoms with Crippen LogP contribution in [0.25, 0.3) is 0 Å². The van der Waals surface area contributed by atoms with E-state index in [1.165, 1.54) is 0 Å². The first-order chi connectivity index (χ1) is 9.51. The minimum atomic E-state index is -0.755. The number of rotatable bonds is 9. The van der Waals surface area contributed by atoms with Crippen LogP contribution in [0.1, 0.15) is 12.0 Å². The van der Waals surface area contributed by atoms with E-state index in [0.29, 0.717) is 6.54 Å². The van der Waals surface area contributed by atoms with Gasteiger partial charge in [-0.15, -0.1) is 0 Å². The molecule has 0 aromatic heterocycles. The fraction of sp³-hybridized carbons (Fsp3) is 0.533. The third-order valence-corrected chi connectivity index (χ3v) is 3.07. The lowest BCUT2D eigenvalue weighted by Gasteiger charge is -2.23. The molecule has 0 fully saturated rings. The molecular formula is C15H24N2O3. The summed E-state index contributed by atoms with van der Waals surface area (Å²) in [6, 6.07) is 7.89. The van der Waals surface area contributed by atoms with Crippen molar-refractivity contribution in [3.63, 3.8) is 0 Å². The first-order valence-corrected chi connectivity index (χ1v) is 6.73. The Kier molecular flexibility index (Phi) is 7.04. The van der Waals surface area contributed by atoms with Gasteiger partial charge in [0.25, 0.3) is 0 Å². The molecule has 0 aliphatic rings. The highest BCUT2D eigenvalue weighted by molar-refractivity contribution is 5.66. The van der Waals surface area contributed by atoms with Crippen LogP contribution in [0.15, 0.2) is 24.3 Å². The first-order valence-electron chi connectivity index (χ1n) is 6.73. The monoisotopic (exact) mass is 280 g/mol. The second kappa shape index (κ2) is 8.55. The Morgan fingerprint density at radius 2 is 1.80 bits per heavy atom. The molecule has 1 rings (SSSR count). The molecule has 0 spiro atoms. The van der Waals surface area contributed by atoms with E-state index in [2.05, 4.69) is 9.80 Å². The molecule has 5 heteroatoms. The largest absolute Gasteiger partial charge is 0.497 e. The maximum absolute atomic E-state index is 10.7. The maximum atomic E-state index is 10.7. The van der Waals surface area contributed by atoms with Crippen molar-refractivity contribution in [3.05, 3.63) is 29.8 Å². The number of carbonyl (C=O) groups is 1. The number of carboxylic acid groups (broad SMARTS) is 1. The van der Waals surface area contributed by atoms with Gasteiger partial charge >= 0.3 is 5.97 Å². The molecule has 0 saturated heterocycles. The lowest BCUT2D eigenvalue weighted by atomic mass is 10.2. The summed E-state index contributed by atoms with van der Waals surface area (Å²) in [6.45, 7) is 3.09. The molecule has 0 radical (unpaired) electrons. The second-order valence-corrected chi connectivity index (χ2v) is 5.07. The molecule has 0 bridgehead atoms. The molecule has 5 nitrogen and oxygen atoms in total. The van der Waals surface area contributed by atoms with Gasteiger partial charge in [-0.25, -0.2) is 0 Å². The summed E-state index contributed by atoms with van der Waals surface area (Å²) in [4.78, 5) is 15.0. The minimum absolute atomic E-state index is 0.170. The SMILES string of the molecule is COc1ccc(CN(CCC(=O)O)CCN(C)C)cc1. The van der Waals surface area contributed by atoms with Crippen molar-refractivity contribution < 1.29 is 14.6 Å². The van der Waals surface area contributed by atoms with E-state index in [0.717, 1.165) is 30.9 Å². The molecule has 0 atom stereocenters. The second-order valence-electron chi connectivity index (χ2n) is 5.07. The van der Waals surface area contributed by atoms with Crippen LogP contribution >= 0.6 is 0 Å². The molecule has 0 aliphatic heterocycles. The van der Waals surface area contributed by atoms with Gasteiger partial charge in [-0.3, -0.25) is 9.69 Å². The van der Waals surface area contributed by atoms with E-state index in [1.54, 1.807) is 7.11 Å². The average molecular weight is 280 g/mol. The van der Waals surface area contributed by atoms with Crippen LogP contribution in [0.2, 0.25) is 0 Å². The number of carboxylic acids is 1.